The first kappa shape index (κ1) is 16.1. The zero-order chi connectivity index (χ0) is 17.6. The summed E-state index contributed by atoms with van der Waals surface area (Å²) in [5, 5.41) is 2.75. The topological polar surface area (TPSA) is 35.6 Å². The van der Waals surface area contributed by atoms with Crippen LogP contribution < -0.4 is 10.2 Å². The normalized spacial score (nSPS) is 22.4. The van der Waals surface area contributed by atoms with Crippen molar-refractivity contribution in [3.63, 3.8) is 0 Å². The van der Waals surface area contributed by atoms with Gasteiger partial charge < -0.3 is 10.2 Å². The predicted molar refractivity (Wildman–Crippen MR) is 97.7 cm³/mol. The van der Waals surface area contributed by atoms with E-state index in [9.17, 15) is 9.18 Å². The third-order valence-electron chi connectivity index (χ3n) is 5.29. The molecule has 0 saturated carbocycles. The molecule has 2 amide bonds. The summed E-state index contributed by atoms with van der Waals surface area (Å²) in [6.07, 6.45) is 0.916. The molecule has 2 heterocycles. The Hall–Kier alpha value is -2.40. The number of amides is 2. The van der Waals surface area contributed by atoms with Crippen LogP contribution in [0.4, 0.5) is 20.6 Å². The number of carbonyl (C=O) groups excluding carboxylic acids is 1. The molecule has 1 saturated heterocycles. The van der Waals surface area contributed by atoms with Gasteiger partial charge in [0.15, 0.2) is 0 Å². The molecule has 0 bridgehead atoms. The van der Waals surface area contributed by atoms with Crippen molar-refractivity contribution in [1.29, 1.82) is 0 Å². The van der Waals surface area contributed by atoms with E-state index in [1.807, 2.05) is 17.0 Å². The maximum absolute atomic E-state index is 13.9. The molecule has 0 aliphatic carbocycles. The number of hydrogen-bond acceptors (Lipinski definition) is 2. The van der Waals surface area contributed by atoms with Crippen LogP contribution >= 0.6 is 0 Å². The van der Waals surface area contributed by atoms with Crippen molar-refractivity contribution in [2.75, 3.05) is 30.4 Å². The molecule has 1 N–H and O–H groups in total. The van der Waals surface area contributed by atoms with Crippen molar-refractivity contribution in [1.82, 2.24) is 4.90 Å². The first-order valence-electron chi connectivity index (χ1n) is 8.68. The molecular formula is C20H22FN3O. The molecule has 2 aromatic rings. The molecular weight excluding hydrogens is 317 g/mol. The van der Waals surface area contributed by atoms with Gasteiger partial charge in [-0.2, -0.15) is 0 Å². The molecule has 25 heavy (non-hydrogen) atoms. The fourth-order valence-corrected chi connectivity index (χ4v) is 4.08. The molecule has 0 aromatic heterocycles. The van der Waals surface area contributed by atoms with Gasteiger partial charge >= 0.3 is 6.03 Å². The largest absolute Gasteiger partial charge is 0.326 e. The SMILES string of the molecule is Cc1ccc2c(c1)[C@H]1CN(C)CC[C@H]1N2C(=O)Nc1ccccc1F. The van der Waals surface area contributed by atoms with E-state index < -0.39 is 5.82 Å². The number of anilines is 2. The summed E-state index contributed by atoms with van der Waals surface area (Å²) in [7, 11) is 2.12. The van der Waals surface area contributed by atoms with Crippen molar-refractivity contribution in [2.24, 2.45) is 0 Å². The van der Waals surface area contributed by atoms with Crippen molar-refractivity contribution in [3.05, 3.63) is 59.4 Å². The van der Waals surface area contributed by atoms with Gasteiger partial charge in [-0.3, -0.25) is 4.90 Å². The Bertz CT molecular complexity index is 822. The fraction of sp³-hybridized carbons (Fsp3) is 0.350. The number of benzene rings is 2. The van der Waals surface area contributed by atoms with Gasteiger partial charge in [0.25, 0.3) is 0 Å². The van der Waals surface area contributed by atoms with Gasteiger partial charge in [-0.1, -0.05) is 29.8 Å². The molecule has 2 aliphatic rings. The van der Waals surface area contributed by atoms with E-state index in [0.29, 0.717) is 5.92 Å². The van der Waals surface area contributed by atoms with Gasteiger partial charge in [0.05, 0.1) is 5.69 Å². The highest BCUT2D eigenvalue weighted by molar-refractivity contribution is 6.04. The van der Waals surface area contributed by atoms with Gasteiger partial charge in [0, 0.05) is 24.2 Å². The smallest absolute Gasteiger partial charge is 0.306 e. The number of carbonyl (C=O) groups is 1. The molecule has 0 unspecified atom stereocenters. The Morgan fingerprint density at radius 1 is 1.24 bits per heavy atom. The third kappa shape index (κ3) is 2.78. The fourth-order valence-electron chi connectivity index (χ4n) is 4.08. The molecule has 130 valence electrons. The lowest BCUT2D eigenvalue weighted by atomic mass is 9.89. The molecule has 4 nitrogen and oxygen atoms in total. The summed E-state index contributed by atoms with van der Waals surface area (Å²) in [5.74, 6) is -0.112. The molecule has 1 fully saturated rings. The second-order valence-electron chi connectivity index (χ2n) is 7.07. The second-order valence-corrected chi connectivity index (χ2v) is 7.07. The van der Waals surface area contributed by atoms with Crippen LogP contribution in [0.15, 0.2) is 42.5 Å². The molecule has 4 rings (SSSR count). The van der Waals surface area contributed by atoms with Crippen molar-refractivity contribution < 1.29 is 9.18 Å². The lowest BCUT2D eigenvalue weighted by molar-refractivity contribution is 0.224. The van der Waals surface area contributed by atoms with Crippen molar-refractivity contribution >= 4 is 17.4 Å². The molecule has 0 spiro atoms. The molecule has 2 aliphatic heterocycles. The zero-order valence-corrected chi connectivity index (χ0v) is 14.5. The summed E-state index contributed by atoms with van der Waals surface area (Å²) in [5.41, 5.74) is 3.59. The lowest BCUT2D eigenvalue weighted by Crippen LogP contribution is -2.48. The number of rotatable bonds is 1. The second kappa shape index (κ2) is 6.15. The summed E-state index contributed by atoms with van der Waals surface area (Å²) in [6.45, 7) is 3.96. The van der Waals surface area contributed by atoms with Crippen LogP contribution in [0.3, 0.4) is 0 Å². The van der Waals surface area contributed by atoms with Crippen LogP contribution in [0.5, 0.6) is 0 Å². The minimum atomic E-state index is -0.417. The minimum absolute atomic E-state index is 0.125. The summed E-state index contributed by atoms with van der Waals surface area (Å²) in [6, 6.07) is 12.4. The Morgan fingerprint density at radius 2 is 2.04 bits per heavy atom. The van der Waals surface area contributed by atoms with E-state index >= 15 is 0 Å². The number of fused-ring (bicyclic) bond motifs is 3. The summed E-state index contributed by atoms with van der Waals surface area (Å²) in [4.78, 5) is 17.1. The van der Waals surface area contributed by atoms with Crippen LogP contribution in [0.2, 0.25) is 0 Å². The highest BCUT2D eigenvalue weighted by Crippen LogP contribution is 2.45. The standard InChI is InChI=1S/C20H22FN3O/c1-13-7-8-18-14(11-13)15-12-23(2)10-9-19(15)24(18)20(25)22-17-6-4-3-5-16(17)21/h3-8,11,15,19H,9-10,12H2,1-2H3,(H,22,25)/t15-,19-/m1/s1. The molecule has 0 radical (unpaired) electrons. The first-order valence-corrected chi connectivity index (χ1v) is 8.68. The predicted octanol–water partition coefficient (Wildman–Crippen LogP) is 3.97. The van der Waals surface area contributed by atoms with Gasteiger partial charge in [0.2, 0.25) is 0 Å². The van der Waals surface area contributed by atoms with Gasteiger partial charge in [-0.05, 0) is 50.7 Å². The number of nitrogens with zero attached hydrogens (tertiary/aromatic N) is 2. The Labute approximate surface area is 147 Å². The van der Waals surface area contributed by atoms with Crippen molar-refractivity contribution in [3.8, 4) is 0 Å². The Morgan fingerprint density at radius 3 is 2.84 bits per heavy atom. The maximum Gasteiger partial charge on any atom is 0.326 e. The van der Waals surface area contributed by atoms with Crippen LogP contribution in [0.1, 0.15) is 23.5 Å². The number of hydrogen-bond donors (Lipinski definition) is 1. The van der Waals surface area contributed by atoms with E-state index in [2.05, 4.69) is 30.3 Å². The summed E-state index contributed by atoms with van der Waals surface area (Å²) >= 11 is 0. The number of para-hydroxylation sites is 1. The van der Waals surface area contributed by atoms with E-state index in [1.165, 1.54) is 17.2 Å². The van der Waals surface area contributed by atoms with Gasteiger partial charge in [-0.25, -0.2) is 9.18 Å². The van der Waals surface area contributed by atoms with Crippen molar-refractivity contribution in [2.45, 2.75) is 25.3 Å². The monoisotopic (exact) mass is 339 g/mol. The maximum atomic E-state index is 13.9. The quantitative estimate of drug-likeness (QED) is 0.853. The van der Waals surface area contributed by atoms with Crippen LogP contribution in [-0.4, -0.2) is 37.1 Å². The minimum Gasteiger partial charge on any atom is -0.306 e. The highest BCUT2D eigenvalue weighted by Gasteiger charge is 2.44. The van der Waals surface area contributed by atoms with E-state index in [1.54, 1.807) is 18.2 Å². The third-order valence-corrected chi connectivity index (χ3v) is 5.29. The average molecular weight is 339 g/mol. The zero-order valence-electron chi connectivity index (χ0n) is 14.5. The van der Waals surface area contributed by atoms with E-state index in [-0.39, 0.29) is 17.8 Å². The van der Waals surface area contributed by atoms with Gasteiger partial charge in [0.1, 0.15) is 5.82 Å². The Kier molecular flexibility index (Phi) is 3.96. The first-order chi connectivity index (χ1) is 12.0. The molecule has 5 heteroatoms. The van der Waals surface area contributed by atoms with E-state index in [4.69, 9.17) is 0 Å². The average Bonchev–Trinajstić information content (AvgIpc) is 2.90. The van der Waals surface area contributed by atoms with Crippen LogP contribution in [0.25, 0.3) is 0 Å². The Balaban J connectivity index is 1.69. The van der Waals surface area contributed by atoms with Crippen LogP contribution in [-0.2, 0) is 0 Å². The number of aryl methyl sites for hydroxylation is 1. The molecule has 2 atom stereocenters. The lowest BCUT2D eigenvalue weighted by Gasteiger charge is -2.36. The van der Waals surface area contributed by atoms with Crippen LogP contribution in [0, 0.1) is 12.7 Å². The number of nitrogens with one attached hydrogen (secondary N) is 1. The van der Waals surface area contributed by atoms with Gasteiger partial charge in [-0.15, -0.1) is 0 Å². The summed E-state index contributed by atoms with van der Waals surface area (Å²) < 4.78 is 13.9. The van der Waals surface area contributed by atoms with E-state index in [0.717, 1.165) is 25.2 Å². The number of halogens is 1. The number of urea groups is 1. The molecule has 2 aromatic carbocycles. The highest BCUT2D eigenvalue weighted by atomic mass is 19.1. The number of likely N-dealkylation sites (tertiary alicyclic amines) is 1. The number of piperidine rings is 1. The number of likely N-dealkylation sites (N-methyl/N-ethyl adjacent to an activating group) is 1.